The summed E-state index contributed by atoms with van der Waals surface area (Å²) in [5.41, 5.74) is 0.968. The standard InChI is InChI=1S/C21H24N2O6S/c1-3-28-19(24)15-29-18-11-9-16(10-12-18)22-20(25)21(2)13-14-23(30(21,26)27)17-7-5-4-6-8-17/h4-12H,3,13-15H2,1-2H3,(H,22,25)/t21-/m0/s1. The topological polar surface area (TPSA) is 102 Å². The van der Waals surface area contributed by atoms with Crippen molar-refractivity contribution in [1.82, 2.24) is 0 Å². The lowest BCUT2D eigenvalue weighted by Crippen LogP contribution is -2.47. The Morgan fingerprint density at radius 1 is 1.10 bits per heavy atom. The number of carbonyl (C=O) groups is 2. The van der Waals surface area contributed by atoms with Gasteiger partial charge in [-0.25, -0.2) is 13.2 Å². The SMILES string of the molecule is CCOC(=O)COc1ccc(NC(=O)[C@]2(C)CCN(c3ccccc3)S2(=O)=O)cc1. The molecule has 1 saturated heterocycles. The second-order valence-corrected chi connectivity index (χ2v) is 9.26. The Labute approximate surface area is 175 Å². The Morgan fingerprint density at radius 3 is 2.40 bits per heavy atom. The molecule has 1 N–H and O–H groups in total. The Bertz CT molecular complexity index is 1010. The molecule has 0 aromatic heterocycles. The molecule has 0 unspecified atom stereocenters. The van der Waals surface area contributed by atoms with E-state index < -0.39 is 26.6 Å². The Hall–Kier alpha value is -3.07. The number of benzene rings is 2. The fraction of sp³-hybridized carbons (Fsp3) is 0.333. The number of anilines is 2. The minimum absolute atomic E-state index is 0.177. The van der Waals surface area contributed by atoms with Crippen LogP contribution in [0.2, 0.25) is 0 Å². The van der Waals surface area contributed by atoms with E-state index in [1.807, 2.05) is 0 Å². The predicted molar refractivity (Wildman–Crippen MR) is 113 cm³/mol. The molecule has 1 heterocycles. The summed E-state index contributed by atoms with van der Waals surface area (Å²) in [5, 5.41) is 2.67. The maximum Gasteiger partial charge on any atom is 0.344 e. The fourth-order valence-corrected chi connectivity index (χ4v) is 4.99. The van der Waals surface area contributed by atoms with Crippen LogP contribution < -0.4 is 14.4 Å². The second-order valence-electron chi connectivity index (χ2n) is 6.97. The lowest BCUT2D eigenvalue weighted by Gasteiger charge is -2.25. The number of nitrogens with one attached hydrogen (secondary N) is 1. The first kappa shape index (κ1) is 21.6. The van der Waals surface area contributed by atoms with Crippen molar-refractivity contribution < 1.29 is 27.5 Å². The number of nitrogens with zero attached hydrogens (tertiary/aromatic N) is 1. The maximum atomic E-state index is 13.1. The van der Waals surface area contributed by atoms with Gasteiger partial charge in [-0.2, -0.15) is 0 Å². The van der Waals surface area contributed by atoms with Crippen molar-refractivity contribution in [2.24, 2.45) is 0 Å². The molecular formula is C21H24N2O6S. The molecule has 8 nitrogen and oxygen atoms in total. The van der Waals surface area contributed by atoms with Gasteiger partial charge in [-0.05, 0) is 56.7 Å². The number of amides is 1. The molecule has 1 aliphatic heterocycles. The third-order valence-corrected chi connectivity index (χ3v) is 7.45. The molecule has 9 heteroatoms. The van der Waals surface area contributed by atoms with Crippen LogP contribution >= 0.6 is 0 Å². The molecule has 2 aromatic carbocycles. The van der Waals surface area contributed by atoms with Gasteiger partial charge in [-0.15, -0.1) is 0 Å². The summed E-state index contributed by atoms with van der Waals surface area (Å²) >= 11 is 0. The molecule has 1 atom stereocenters. The molecule has 0 aliphatic carbocycles. The number of esters is 1. The van der Waals surface area contributed by atoms with Crippen LogP contribution in [0.1, 0.15) is 20.3 Å². The first-order valence-corrected chi connectivity index (χ1v) is 11.0. The molecule has 0 radical (unpaired) electrons. The van der Waals surface area contributed by atoms with Gasteiger partial charge in [0.2, 0.25) is 15.9 Å². The van der Waals surface area contributed by atoms with E-state index in [0.29, 0.717) is 17.1 Å². The van der Waals surface area contributed by atoms with E-state index in [2.05, 4.69) is 5.32 Å². The summed E-state index contributed by atoms with van der Waals surface area (Å²) in [4.78, 5) is 24.2. The van der Waals surface area contributed by atoms with E-state index in [1.165, 1.54) is 11.2 Å². The van der Waals surface area contributed by atoms with Crippen molar-refractivity contribution in [2.75, 3.05) is 29.4 Å². The molecule has 0 spiro atoms. The van der Waals surface area contributed by atoms with Crippen molar-refractivity contribution in [3.63, 3.8) is 0 Å². The summed E-state index contributed by atoms with van der Waals surface area (Å²) in [5.74, 6) is -0.644. The zero-order chi connectivity index (χ0) is 21.8. The van der Waals surface area contributed by atoms with Crippen LogP contribution in [0.25, 0.3) is 0 Å². The van der Waals surface area contributed by atoms with E-state index in [4.69, 9.17) is 9.47 Å². The maximum absolute atomic E-state index is 13.1. The second kappa shape index (κ2) is 8.74. The largest absolute Gasteiger partial charge is 0.482 e. The number of hydrogen-bond acceptors (Lipinski definition) is 6. The summed E-state index contributed by atoms with van der Waals surface area (Å²) in [7, 11) is -3.89. The van der Waals surface area contributed by atoms with Crippen LogP contribution in [0.3, 0.4) is 0 Å². The Kier molecular flexibility index (Phi) is 6.31. The Balaban J connectivity index is 1.67. The van der Waals surface area contributed by atoms with E-state index >= 15 is 0 Å². The van der Waals surface area contributed by atoms with Gasteiger partial charge in [0.15, 0.2) is 11.4 Å². The van der Waals surface area contributed by atoms with Gasteiger partial charge in [0.25, 0.3) is 0 Å². The molecule has 3 rings (SSSR count). The molecular weight excluding hydrogens is 408 g/mol. The van der Waals surface area contributed by atoms with Gasteiger partial charge in [-0.3, -0.25) is 9.10 Å². The van der Waals surface area contributed by atoms with Crippen molar-refractivity contribution >= 4 is 33.3 Å². The highest BCUT2D eigenvalue weighted by molar-refractivity contribution is 7.95. The van der Waals surface area contributed by atoms with Crippen LogP contribution in [0.5, 0.6) is 5.75 Å². The third kappa shape index (κ3) is 4.25. The van der Waals surface area contributed by atoms with Crippen LogP contribution in [-0.4, -0.2) is 44.8 Å². The lowest BCUT2D eigenvalue weighted by molar-refractivity contribution is -0.145. The number of para-hydroxylation sites is 1. The van der Waals surface area contributed by atoms with Crippen molar-refractivity contribution in [1.29, 1.82) is 0 Å². The predicted octanol–water partition coefficient (Wildman–Crippen LogP) is 2.57. The highest BCUT2D eigenvalue weighted by Crippen LogP contribution is 2.37. The minimum Gasteiger partial charge on any atom is -0.482 e. The molecule has 30 heavy (non-hydrogen) atoms. The average Bonchev–Trinajstić information content (AvgIpc) is 2.98. The van der Waals surface area contributed by atoms with Gasteiger partial charge in [0, 0.05) is 12.2 Å². The number of hydrogen-bond donors (Lipinski definition) is 1. The lowest BCUT2D eigenvalue weighted by atomic mass is 10.1. The van der Waals surface area contributed by atoms with E-state index in [-0.39, 0.29) is 26.2 Å². The normalized spacial score (nSPS) is 19.9. The minimum atomic E-state index is -3.89. The molecule has 0 bridgehead atoms. The van der Waals surface area contributed by atoms with Gasteiger partial charge in [0.05, 0.1) is 12.3 Å². The molecule has 1 aliphatic rings. The van der Waals surface area contributed by atoms with Crippen molar-refractivity contribution in [3.8, 4) is 5.75 Å². The Morgan fingerprint density at radius 2 is 1.77 bits per heavy atom. The summed E-state index contributed by atoms with van der Waals surface area (Å²) in [6, 6.07) is 15.0. The monoisotopic (exact) mass is 432 g/mol. The van der Waals surface area contributed by atoms with Gasteiger partial charge in [0.1, 0.15) is 5.75 Å². The first-order valence-electron chi connectivity index (χ1n) is 9.55. The molecule has 2 aromatic rings. The van der Waals surface area contributed by atoms with Gasteiger partial charge < -0.3 is 14.8 Å². The van der Waals surface area contributed by atoms with Crippen molar-refractivity contribution in [3.05, 3.63) is 54.6 Å². The van der Waals surface area contributed by atoms with Gasteiger partial charge in [-0.1, -0.05) is 18.2 Å². The quantitative estimate of drug-likeness (QED) is 0.675. The first-order chi connectivity index (χ1) is 14.3. The molecule has 0 saturated carbocycles. The smallest absolute Gasteiger partial charge is 0.344 e. The number of carbonyl (C=O) groups excluding carboxylic acids is 2. The molecule has 1 fully saturated rings. The summed E-state index contributed by atoms with van der Waals surface area (Å²) in [6.45, 7) is 3.44. The number of rotatable bonds is 7. The summed E-state index contributed by atoms with van der Waals surface area (Å²) in [6.07, 6.45) is 0.177. The van der Waals surface area contributed by atoms with Crippen molar-refractivity contribution in [2.45, 2.75) is 25.0 Å². The zero-order valence-electron chi connectivity index (χ0n) is 16.8. The van der Waals surface area contributed by atoms with E-state index in [9.17, 15) is 18.0 Å². The molecule has 1 amide bonds. The highest BCUT2D eigenvalue weighted by Gasteiger charge is 2.54. The highest BCUT2D eigenvalue weighted by atomic mass is 32.2. The number of ether oxygens (including phenoxy) is 2. The van der Waals surface area contributed by atoms with Crippen LogP contribution in [0.15, 0.2) is 54.6 Å². The zero-order valence-corrected chi connectivity index (χ0v) is 17.6. The fourth-order valence-electron chi connectivity index (χ4n) is 3.14. The van der Waals surface area contributed by atoms with Crippen LogP contribution in [-0.2, 0) is 24.3 Å². The third-order valence-electron chi connectivity index (χ3n) is 4.95. The van der Waals surface area contributed by atoms with E-state index in [0.717, 1.165) is 0 Å². The van der Waals surface area contributed by atoms with Crippen LogP contribution in [0.4, 0.5) is 11.4 Å². The van der Waals surface area contributed by atoms with Crippen LogP contribution in [0, 0.1) is 0 Å². The molecule has 160 valence electrons. The summed E-state index contributed by atoms with van der Waals surface area (Å²) < 4.78 is 36.0. The number of sulfonamides is 1. The average molecular weight is 432 g/mol. The van der Waals surface area contributed by atoms with E-state index in [1.54, 1.807) is 61.5 Å². The van der Waals surface area contributed by atoms with Gasteiger partial charge >= 0.3 is 5.97 Å².